The van der Waals surface area contributed by atoms with E-state index in [0.717, 1.165) is 18.5 Å². The number of fused-ring (bicyclic) bond motifs is 1. The van der Waals surface area contributed by atoms with Crippen LogP contribution in [0.1, 0.15) is 29.0 Å². The molecule has 0 bridgehead atoms. The van der Waals surface area contributed by atoms with Gasteiger partial charge in [0.15, 0.2) is 0 Å². The number of hydrogen-bond acceptors (Lipinski definition) is 3. The fourth-order valence-corrected chi connectivity index (χ4v) is 3.78. The molecule has 0 unspecified atom stereocenters. The van der Waals surface area contributed by atoms with Crippen LogP contribution in [0.4, 0.5) is 0 Å². The zero-order chi connectivity index (χ0) is 14.7. The SMILES string of the molecule is C[C@@H]1c2ccsc2CCN1CC(=O)NCc1ccccc1. The molecule has 21 heavy (non-hydrogen) atoms. The molecule has 3 rings (SSSR count). The Bertz CT molecular complexity index is 608. The number of amides is 1. The number of rotatable bonds is 4. The van der Waals surface area contributed by atoms with E-state index in [4.69, 9.17) is 0 Å². The average Bonchev–Trinajstić information content (AvgIpc) is 2.98. The molecule has 1 atom stereocenters. The molecule has 2 aromatic rings. The van der Waals surface area contributed by atoms with Crippen molar-refractivity contribution in [2.75, 3.05) is 13.1 Å². The summed E-state index contributed by atoms with van der Waals surface area (Å²) in [6.45, 7) is 4.23. The fraction of sp³-hybridized carbons (Fsp3) is 0.353. The van der Waals surface area contributed by atoms with Crippen molar-refractivity contribution < 1.29 is 4.79 Å². The van der Waals surface area contributed by atoms with Crippen molar-refractivity contribution in [1.82, 2.24) is 10.2 Å². The second-order valence-corrected chi connectivity index (χ2v) is 6.46. The number of thiophene rings is 1. The first-order valence-electron chi connectivity index (χ1n) is 7.35. The van der Waals surface area contributed by atoms with E-state index in [1.165, 1.54) is 10.4 Å². The Labute approximate surface area is 129 Å². The lowest BCUT2D eigenvalue weighted by atomic mass is 10.0. The molecule has 1 aliphatic rings. The predicted octanol–water partition coefficient (Wildman–Crippen LogP) is 2.98. The van der Waals surface area contributed by atoms with Gasteiger partial charge >= 0.3 is 0 Å². The largest absolute Gasteiger partial charge is 0.351 e. The Morgan fingerprint density at radius 1 is 1.33 bits per heavy atom. The van der Waals surface area contributed by atoms with Crippen LogP contribution >= 0.6 is 11.3 Å². The van der Waals surface area contributed by atoms with Gasteiger partial charge in [-0.3, -0.25) is 9.69 Å². The Morgan fingerprint density at radius 2 is 2.14 bits per heavy atom. The van der Waals surface area contributed by atoms with E-state index in [0.29, 0.717) is 19.1 Å². The van der Waals surface area contributed by atoms with Crippen LogP contribution in [-0.2, 0) is 17.8 Å². The molecule has 1 aromatic heterocycles. The van der Waals surface area contributed by atoms with Crippen molar-refractivity contribution in [3.8, 4) is 0 Å². The van der Waals surface area contributed by atoms with Gasteiger partial charge in [0, 0.05) is 24.0 Å². The lowest BCUT2D eigenvalue weighted by Crippen LogP contribution is -2.41. The molecule has 0 saturated carbocycles. The van der Waals surface area contributed by atoms with Crippen molar-refractivity contribution in [3.63, 3.8) is 0 Å². The topological polar surface area (TPSA) is 32.3 Å². The van der Waals surface area contributed by atoms with Crippen molar-refractivity contribution >= 4 is 17.2 Å². The highest BCUT2D eigenvalue weighted by Crippen LogP contribution is 2.32. The van der Waals surface area contributed by atoms with Crippen LogP contribution in [0, 0.1) is 0 Å². The van der Waals surface area contributed by atoms with Crippen molar-refractivity contribution in [1.29, 1.82) is 0 Å². The molecule has 1 amide bonds. The molecule has 0 fully saturated rings. The first-order chi connectivity index (χ1) is 10.2. The summed E-state index contributed by atoms with van der Waals surface area (Å²) in [5.74, 6) is 0.101. The zero-order valence-electron chi connectivity index (χ0n) is 12.2. The maximum atomic E-state index is 12.1. The van der Waals surface area contributed by atoms with Crippen LogP contribution < -0.4 is 5.32 Å². The summed E-state index contributed by atoms with van der Waals surface area (Å²) in [5, 5.41) is 5.16. The second-order valence-electron chi connectivity index (χ2n) is 5.46. The van der Waals surface area contributed by atoms with Crippen LogP contribution in [0.3, 0.4) is 0 Å². The number of hydrogen-bond donors (Lipinski definition) is 1. The first-order valence-corrected chi connectivity index (χ1v) is 8.23. The van der Waals surface area contributed by atoms with Gasteiger partial charge in [0.05, 0.1) is 6.54 Å². The summed E-state index contributed by atoms with van der Waals surface area (Å²) in [5.41, 5.74) is 2.53. The smallest absolute Gasteiger partial charge is 0.234 e. The van der Waals surface area contributed by atoms with Crippen LogP contribution in [-0.4, -0.2) is 23.9 Å². The molecular weight excluding hydrogens is 280 g/mol. The number of carbonyl (C=O) groups excluding carboxylic acids is 1. The van der Waals surface area contributed by atoms with Gasteiger partial charge in [-0.25, -0.2) is 0 Å². The maximum Gasteiger partial charge on any atom is 0.234 e. The monoisotopic (exact) mass is 300 g/mol. The standard InChI is InChI=1S/C17H20N2OS/c1-13-15-8-10-21-16(15)7-9-19(13)12-17(20)18-11-14-5-3-2-4-6-14/h2-6,8,10,13H,7,9,11-12H2,1H3,(H,18,20)/t13-/m1/s1. The van der Waals surface area contributed by atoms with Crippen LogP contribution in [0.25, 0.3) is 0 Å². The van der Waals surface area contributed by atoms with Gasteiger partial charge in [0.1, 0.15) is 0 Å². The van der Waals surface area contributed by atoms with Gasteiger partial charge < -0.3 is 5.32 Å². The van der Waals surface area contributed by atoms with Gasteiger partial charge in [-0.15, -0.1) is 11.3 Å². The molecule has 1 N–H and O–H groups in total. The minimum Gasteiger partial charge on any atom is -0.351 e. The number of nitrogens with zero attached hydrogens (tertiary/aromatic N) is 1. The van der Waals surface area contributed by atoms with Crippen LogP contribution in [0.5, 0.6) is 0 Å². The number of carbonyl (C=O) groups is 1. The Morgan fingerprint density at radius 3 is 2.95 bits per heavy atom. The molecule has 0 aliphatic carbocycles. The Balaban J connectivity index is 1.54. The third-order valence-electron chi connectivity index (χ3n) is 4.08. The lowest BCUT2D eigenvalue weighted by Gasteiger charge is -2.32. The quantitative estimate of drug-likeness (QED) is 0.941. The normalized spacial score (nSPS) is 18.2. The Hall–Kier alpha value is -1.65. The Kier molecular flexibility index (Phi) is 4.36. The predicted molar refractivity (Wildman–Crippen MR) is 86.3 cm³/mol. The summed E-state index contributed by atoms with van der Waals surface area (Å²) in [6, 6.07) is 12.6. The van der Waals surface area contributed by atoms with E-state index in [1.54, 1.807) is 0 Å². The highest BCUT2D eigenvalue weighted by Gasteiger charge is 2.25. The third-order valence-corrected chi connectivity index (χ3v) is 5.08. The molecular formula is C17H20N2OS. The van der Waals surface area contributed by atoms with Crippen molar-refractivity contribution in [3.05, 3.63) is 57.8 Å². The van der Waals surface area contributed by atoms with Crippen LogP contribution in [0.15, 0.2) is 41.8 Å². The van der Waals surface area contributed by atoms with Gasteiger partial charge in [-0.1, -0.05) is 30.3 Å². The second kappa shape index (κ2) is 6.41. The van der Waals surface area contributed by atoms with E-state index in [9.17, 15) is 4.79 Å². The van der Waals surface area contributed by atoms with Gasteiger partial charge in [-0.2, -0.15) is 0 Å². The lowest BCUT2D eigenvalue weighted by molar-refractivity contribution is -0.123. The summed E-state index contributed by atoms with van der Waals surface area (Å²) < 4.78 is 0. The molecule has 0 saturated heterocycles. The molecule has 3 nitrogen and oxygen atoms in total. The number of benzene rings is 1. The van der Waals surface area contributed by atoms with Crippen molar-refractivity contribution in [2.45, 2.75) is 25.9 Å². The summed E-state index contributed by atoms with van der Waals surface area (Å²) in [6.07, 6.45) is 1.06. The van der Waals surface area contributed by atoms with E-state index >= 15 is 0 Å². The molecule has 4 heteroatoms. The highest BCUT2D eigenvalue weighted by atomic mass is 32.1. The maximum absolute atomic E-state index is 12.1. The third kappa shape index (κ3) is 3.34. The first kappa shape index (κ1) is 14.3. The molecule has 0 radical (unpaired) electrons. The van der Waals surface area contributed by atoms with E-state index in [1.807, 2.05) is 41.7 Å². The highest BCUT2D eigenvalue weighted by molar-refractivity contribution is 7.10. The summed E-state index contributed by atoms with van der Waals surface area (Å²) in [7, 11) is 0. The molecule has 0 spiro atoms. The van der Waals surface area contributed by atoms with Gasteiger partial charge in [0.25, 0.3) is 0 Å². The fourth-order valence-electron chi connectivity index (χ4n) is 2.81. The van der Waals surface area contributed by atoms with Crippen LogP contribution in [0.2, 0.25) is 0 Å². The van der Waals surface area contributed by atoms with E-state index < -0.39 is 0 Å². The minimum absolute atomic E-state index is 0.101. The molecule has 1 aromatic carbocycles. The molecule has 2 heterocycles. The van der Waals surface area contributed by atoms with E-state index in [2.05, 4.69) is 28.6 Å². The summed E-state index contributed by atoms with van der Waals surface area (Å²) >= 11 is 1.83. The molecule has 1 aliphatic heterocycles. The molecule has 110 valence electrons. The zero-order valence-corrected chi connectivity index (χ0v) is 13.0. The van der Waals surface area contributed by atoms with Gasteiger partial charge in [0.2, 0.25) is 5.91 Å². The minimum atomic E-state index is 0.101. The van der Waals surface area contributed by atoms with Gasteiger partial charge in [-0.05, 0) is 35.9 Å². The average molecular weight is 300 g/mol. The number of nitrogens with one attached hydrogen (secondary N) is 1. The van der Waals surface area contributed by atoms with Crippen molar-refractivity contribution in [2.24, 2.45) is 0 Å². The van der Waals surface area contributed by atoms with E-state index in [-0.39, 0.29) is 5.91 Å². The summed E-state index contributed by atoms with van der Waals surface area (Å²) in [4.78, 5) is 15.9.